The number of carbonyl (C=O) groups excluding carboxylic acids is 1. The fourth-order valence-electron chi connectivity index (χ4n) is 1.46. The molecule has 1 amide bonds. The maximum atomic E-state index is 12.1. The van der Waals surface area contributed by atoms with E-state index in [0.29, 0.717) is 23.2 Å². The maximum Gasteiger partial charge on any atom is 0.406 e. The monoisotopic (exact) mass is 434 g/mol. The molecule has 2 N–H and O–H groups in total. The Morgan fingerprint density at radius 1 is 1.41 bits per heavy atom. The number of amides is 1. The van der Waals surface area contributed by atoms with Crippen molar-refractivity contribution in [3.63, 3.8) is 0 Å². The second-order valence-corrected chi connectivity index (χ2v) is 4.22. The molecule has 0 radical (unpaired) electrons. The number of likely N-dealkylation sites (N-methyl/N-ethyl adjacent to an activating group) is 1. The summed E-state index contributed by atoms with van der Waals surface area (Å²) in [6.45, 7) is -1.23. The van der Waals surface area contributed by atoms with Gasteiger partial charge in [0, 0.05) is 14.1 Å². The van der Waals surface area contributed by atoms with Crippen molar-refractivity contribution < 1.29 is 22.4 Å². The number of rotatable bonds is 5. The van der Waals surface area contributed by atoms with Gasteiger partial charge in [-0.1, -0.05) is 0 Å². The first-order chi connectivity index (χ1) is 9.81. The lowest BCUT2D eigenvalue weighted by Crippen LogP contribution is -2.45. The number of aliphatic imine (C=N–C) groups is 1. The molecule has 0 unspecified atom stereocenters. The zero-order valence-electron chi connectivity index (χ0n) is 12.1. The number of guanidine groups is 1. The molecule has 1 rings (SSSR count). The summed E-state index contributed by atoms with van der Waals surface area (Å²) in [4.78, 5) is 16.0. The van der Waals surface area contributed by atoms with Gasteiger partial charge < -0.3 is 20.0 Å². The minimum absolute atomic E-state index is 0. The predicted molar refractivity (Wildman–Crippen MR) is 86.0 cm³/mol. The van der Waals surface area contributed by atoms with E-state index in [2.05, 4.69) is 15.6 Å². The Labute approximate surface area is 143 Å². The van der Waals surface area contributed by atoms with Crippen molar-refractivity contribution in [1.82, 2.24) is 15.5 Å². The average molecular weight is 434 g/mol. The highest BCUT2D eigenvalue weighted by Gasteiger charge is 2.31. The number of hydrogen-bond acceptors (Lipinski definition) is 3. The summed E-state index contributed by atoms with van der Waals surface area (Å²) in [7, 11) is 2.58. The number of alkyl halides is 3. The molecule has 6 nitrogen and oxygen atoms in total. The van der Waals surface area contributed by atoms with E-state index in [9.17, 15) is 18.0 Å². The van der Waals surface area contributed by atoms with Gasteiger partial charge in [-0.25, -0.2) is 0 Å². The standard InChI is InChI=1S/C12H17F3N4O2.HI/c1-16-11(17-6-9-4-3-5-21-9)18-7-10(20)19(2)8-12(13,14)15;/h3-5H,6-8H2,1-2H3,(H2,16,17,18);1H. The number of nitrogens with zero attached hydrogens (tertiary/aromatic N) is 2. The fourth-order valence-corrected chi connectivity index (χ4v) is 1.46. The molecule has 0 fully saturated rings. The van der Waals surface area contributed by atoms with Crippen LogP contribution in [0.15, 0.2) is 27.8 Å². The van der Waals surface area contributed by atoms with Crippen molar-refractivity contribution in [2.45, 2.75) is 12.7 Å². The van der Waals surface area contributed by atoms with Crippen molar-refractivity contribution in [2.75, 3.05) is 27.2 Å². The Kier molecular flexibility index (Phi) is 8.90. The SMILES string of the molecule is CN=C(NCC(=O)N(C)CC(F)(F)F)NCc1ccco1.I. The van der Waals surface area contributed by atoms with Gasteiger partial charge in [-0.05, 0) is 12.1 Å². The van der Waals surface area contributed by atoms with E-state index in [1.54, 1.807) is 12.1 Å². The molecule has 0 aromatic carbocycles. The number of halogens is 4. The van der Waals surface area contributed by atoms with Gasteiger partial charge in [0.1, 0.15) is 12.3 Å². The van der Waals surface area contributed by atoms with Gasteiger partial charge in [0.15, 0.2) is 5.96 Å². The Balaban J connectivity index is 0.00000441. The first-order valence-corrected chi connectivity index (χ1v) is 6.09. The van der Waals surface area contributed by atoms with Crippen LogP contribution in [0.1, 0.15) is 5.76 Å². The van der Waals surface area contributed by atoms with E-state index in [0.717, 1.165) is 7.05 Å². The Bertz CT molecular complexity index is 477. The summed E-state index contributed by atoms with van der Waals surface area (Å²) in [5.41, 5.74) is 0. The highest BCUT2D eigenvalue weighted by Crippen LogP contribution is 2.15. The second-order valence-electron chi connectivity index (χ2n) is 4.22. The number of carbonyl (C=O) groups is 1. The van der Waals surface area contributed by atoms with Crippen LogP contribution in [0, 0.1) is 0 Å². The van der Waals surface area contributed by atoms with Crippen molar-refractivity contribution >= 4 is 35.8 Å². The molecule has 22 heavy (non-hydrogen) atoms. The van der Waals surface area contributed by atoms with Gasteiger partial charge in [0.2, 0.25) is 5.91 Å². The molecule has 0 aliphatic heterocycles. The van der Waals surface area contributed by atoms with Crippen LogP contribution in [0.4, 0.5) is 13.2 Å². The molecule has 1 aromatic rings. The van der Waals surface area contributed by atoms with E-state index in [1.807, 2.05) is 0 Å². The summed E-state index contributed by atoms with van der Waals surface area (Å²) in [5, 5.41) is 5.50. The Morgan fingerprint density at radius 3 is 2.59 bits per heavy atom. The number of nitrogens with one attached hydrogen (secondary N) is 2. The summed E-state index contributed by atoms with van der Waals surface area (Å²) in [5.74, 6) is 0.270. The summed E-state index contributed by atoms with van der Waals surface area (Å²) in [6.07, 6.45) is -2.90. The van der Waals surface area contributed by atoms with Gasteiger partial charge in [0.05, 0.1) is 19.4 Å². The van der Waals surface area contributed by atoms with Crippen LogP contribution >= 0.6 is 24.0 Å². The fraction of sp³-hybridized carbons (Fsp3) is 0.500. The third-order valence-corrected chi connectivity index (χ3v) is 2.48. The first kappa shape index (κ1) is 20.5. The molecule has 0 atom stereocenters. The smallest absolute Gasteiger partial charge is 0.406 e. The van der Waals surface area contributed by atoms with Crippen LogP contribution in [0.5, 0.6) is 0 Å². The molecule has 0 aliphatic rings. The zero-order chi connectivity index (χ0) is 15.9. The zero-order valence-corrected chi connectivity index (χ0v) is 14.4. The van der Waals surface area contributed by atoms with Gasteiger partial charge in [-0.2, -0.15) is 13.2 Å². The van der Waals surface area contributed by atoms with Gasteiger partial charge in [0.25, 0.3) is 0 Å². The minimum atomic E-state index is -4.41. The first-order valence-electron chi connectivity index (χ1n) is 6.09. The molecule has 1 aromatic heterocycles. The van der Waals surface area contributed by atoms with E-state index in [1.165, 1.54) is 13.3 Å². The van der Waals surface area contributed by atoms with Crippen LogP contribution < -0.4 is 10.6 Å². The van der Waals surface area contributed by atoms with Gasteiger partial charge in [-0.3, -0.25) is 9.79 Å². The molecule has 1 heterocycles. The Morgan fingerprint density at radius 2 is 2.09 bits per heavy atom. The molecule has 0 saturated heterocycles. The molecule has 0 saturated carbocycles. The lowest BCUT2D eigenvalue weighted by molar-refractivity contribution is -0.157. The van der Waals surface area contributed by atoms with E-state index < -0.39 is 18.6 Å². The van der Waals surface area contributed by atoms with Crippen LogP contribution in [0.3, 0.4) is 0 Å². The van der Waals surface area contributed by atoms with Crippen LogP contribution in [0.2, 0.25) is 0 Å². The lowest BCUT2D eigenvalue weighted by Gasteiger charge is -2.19. The van der Waals surface area contributed by atoms with E-state index in [4.69, 9.17) is 4.42 Å². The molecular formula is C12H18F3IN4O2. The van der Waals surface area contributed by atoms with Gasteiger partial charge in [-0.15, -0.1) is 24.0 Å². The van der Waals surface area contributed by atoms with E-state index in [-0.39, 0.29) is 30.5 Å². The van der Waals surface area contributed by atoms with Crippen molar-refractivity contribution in [2.24, 2.45) is 4.99 Å². The van der Waals surface area contributed by atoms with Gasteiger partial charge >= 0.3 is 6.18 Å². The number of furan rings is 1. The molecular weight excluding hydrogens is 416 g/mol. The highest BCUT2D eigenvalue weighted by molar-refractivity contribution is 14.0. The summed E-state index contributed by atoms with van der Waals surface area (Å²) >= 11 is 0. The molecule has 0 spiro atoms. The molecule has 0 aliphatic carbocycles. The molecule has 126 valence electrons. The van der Waals surface area contributed by atoms with Crippen LogP contribution in [-0.2, 0) is 11.3 Å². The highest BCUT2D eigenvalue weighted by atomic mass is 127. The van der Waals surface area contributed by atoms with Crippen LogP contribution in [0.25, 0.3) is 0 Å². The average Bonchev–Trinajstić information content (AvgIpc) is 2.89. The summed E-state index contributed by atoms with van der Waals surface area (Å²) < 4.78 is 41.5. The lowest BCUT2D eigenvalue weighted by atomic mass is 10.4. The quantitative estimate of drug-likeness (QED) is 0.420. The maximum absolute atomic E-state index is 12.1. The van der Waals surface area contributed by atoms with E-state index >= 15 is 0 Å². The topological polar surface area (TPSA) is 69.9 Å². The van der Waals surface area contributed by atoms with Crippen LogP contribution in [-0.4, -0.2) is 50.1 Å². The normalized spacial score (nSPS) is 11.6. The summed E-state index contributed by atoms with van der Waals surface area (Å²) in [6, 6.07) is 3.48. The predicted octanol–water partition coefficient (Wildman–Crippen LogP) is 1.58. The van der Waals surface area contributed by atoms with Crippen molar-refractivity contribution in [3.8, 4) is 0 Å². The second kappa shape index (κ2) is 9.54. The Hall–Kier alpha value is -1.46. The molecule has 0 bridgehead atoms. The largest absolute Gasteiger partial charge is 0.467 e. The van der Waals surface area contributed by atoms with Crippen molar-refractivity contribution in [3.05, 3.63) is 24.2 Å². The third kappa shape index (κ3) is 8.10. The van der Waals surface area contributed by atoms with Crippen molar-refractivity contribution in [1.29, 1.82) is 0 Å². The molecule has 10 heteroatoms. The third-order valence-electron chi connectivity index (χ3n) is 2.48. The minimum Gasteiger partial charge on any atom is -0.467 e. The number of hydrogen-bond donors (Lipinski definition) is 2.